The second-order valence-electron chi connectivity index (χ2n) is 5.90. The summed E-state index contributed by atoms with van der Waals surface area (Å²) < 4.78 is 5.44. The average molecular weight is 354 g/mol. The van der Waals surface area contributed by atoms with Crippen LogP contribution in [0.1, 0.15) is 26.3 Å². The van der Waals surface area contributed by atoms with Gasteiger partial charge in [0.05, 0.1) is 18.9 Å². The van der Waals surface area contributed by atoms with Gasteiger partial charge in [-0.2, -0.15) is 0 Å². The number of rotatable bonds is 3. The minimum Gasteiger partial charge on any atom is -0.443 e. The highest BCUT2D eigenvalue weighted by Crippen LogP contribution is 2.21. The number of benzene rings is 1. The topological polar surface area (TPSA) is 55.3 Å². The summed E-state index contributed by atoms with van der Waals surface area (Å²) in [6.07, 6.45) is 2.33. The molecule has 0 unspecified atom stereocenters. The summed E-state index contributed by atoms with van der Waals surface area (Å²) >= 11 is 11.9. The van der Waals surface area contributed by atoms with Crippen LogP contribution in [-0.4, -0.2) is 21.7 Å². The Balaban J connectivity index is 2.33. The predicted octanol–water partition coefficient (Wildman–Crippen LogP) is 4.73. The highest BCUT2D eigenvalue weighted by Gasteiger charge is 2.25. The normalized spacial score (nSPS) is 11.2. The van der Waals surface area contributed by atoms with Crippen LogP contribution >= 0.6 is 23.2 Å². The third kappa shape index (κ3) is 5.37. The van der Waals surface area contributed by atoms with Crippen molar-refractivity contribution in [3.63, 3.8) is 0 Å². The SMILES string of the molecule is CC(C)(C)OC(=O)N(Cc1cccc(Cl)c1)c1cncc(Cl)n1. The van der Waals surface area contributed by atoms with Gasteiger partial charge in [0, 0.05) is 5.02 Å². The first-order valence-electron chi connectivity index (χ1n) is 6.97. The summed E-state index contributed by atoms with van der Waals surface area (Å²) in [5, 5.41) is 0.783. The lowest BCUT2D eigenvalue weighted by Gasteiger charge is -2.26. The molecular formula is C16H17Cl2N3O2. The lowest BCUT2D eigenvalue weighted by Crippen LogP contribution is -2.37. The van der Waals surface area contributed by atoms with Gasteiger partial charge in [-0.3, -0.25) is 9.88 Å². The van der Waals surface area contributed by atoms with E-state index >= 15 is 0 Å². The average Bonchev–Trinajstić information content (AvgIpc) is 2.43. The number of ether oxygens (including phenoxy) is 1. The Morgan fingerprint density at radius 2 is 2.00 bits per heavy atom. The molecule has 1 aromatic carbocycles. The molecule has 1 aromatic heterocycles. The number of halogens is 2. The van der Waals surface area contributed by atoms with Gasteiger partial charge in [0.2, 0.25) is 0 Å². The molecule has 2 rings (SSSR count). The Morgan fingerprint density at radius 3 is 2.61 bits per heavy atom. The highest BCUT2D eigenvalue weighted by molar-refractivity contribution is 6.30. The number of hydrogen-bond donors (Lipinski definition) is 0. The van der Waals surface area contributed by atoms with Crippen LogP contribution in [0, 0.1) is 0 Å². The fourth-order valence-electron chi connectivity index (χ4n) is 1.84. The Bertz CT molecular complexity index is 702. The molecule has 23 heavy (non-hydrogen) atoms. The van der Waals surface area contributed by atoms with E-state index in [9.17, 15) is 4.79 Å². The van der Waals surface area contributed by atoms with E-state index < -0.39 is 11.7 Å². The van der Waals surface area contributed by atoms with E-state index in [2.05, 4.69) is 9.97 Å². The molecule has 0 N–H and O–H groups in total. The zero-order valence-electron chi connectivity index (χ0n) is 13.1. The lowest BCUT2D eigenvalue weighted by molar-refractivity contribution is 0.0576. The predicted molar refractivity (Wildman–Crippen MR) is 90.9 cm³/mol. The van der Waals surface area contributed by atoms with Crippen LogP contribution in [0.3, 0.4) is 0 Å². The summed E-state index contributed by atoms with van der Waals surface area (Å²) in [4.78, 5) is 22.0. The molecule has 0 saturated heterocycles. The van der Waals surface area contributed by atoms with Gasteiger partial charge in [-0.25, -0.2) is 9.78 Å². The first kappa shape index (κ1) is 17.5. The maximum atomic E-state index is 12.5. The molecule has 122 valence electrons. The molecule has 0 saturated carbocycles. The van der Waals surface area contributed by atoms with Crippen molar-refractivity contribution in [1.29, 1.82) is 0 Å². The molecule has 7 heteroatoms. The molecule has 0 spiro atoms. The fourth-order valence-corrected chi connectivity index (χ4v) is 2.19. The molecule has 0 aliphatic heterocycles. The van der Waals surface area contributed by atoms with E-state index in [1.165, 1.54) is 17.3 Å². The zero-order chi connectivity index (χ0) is 17.0. The first-order chi connectivity index (χ1) is 10.7. The van der Waals surface area contributed by atoms with Gasteiger partial charge < -0.3 is 4.74 Å². The van der Waals surface area contributed by atoms with Gasteiger partial charge in [0.25, 0.3) is 0 Å². The smallest absolute Gasteiger partial charge is 0.416 e. The van der Waals surface area contributed by atoms with Crippen LogP contribution in [-0.2, 0) is 11.3 Å². The molecule has 0 fully saturated rings. The Labute approximate surface area is 145 Å². The molecule has 0 aliphatic carbocycles. The van der Waals surface area contributed by atoms with Crippen molar-refractivity contribution in [2.75, 3.05) is 4.90 Å². The van der Waals surface area contributed by atoms with Crippen LogP contribution in [0.2, 0.25) is 10.2 Å². The molecule has 0 aliphatic rings. The van der Waals surface area contributed by atoms with Crippen molar-refractivity contribution in [3.8, 4) is 0 Å². The quantitative estimate of drug-likeness (QED) is 0.800. The lowest BCUT2D eigenvalue weighted by atomic mass is 10.2. The van der Waals surface area contributed by atoms with Crippen LogP contribution < -0.4 is 4.90 Å². The summed E-state index contributed by atoms with van der Waals surface area (Å²) in [5.41, 5.74) is 0.209. The standard InChI is InChI=1S/C16H17Cl2N3O2/c1-16(2,3)23-15(22)21(14-9-19-8-13(18)20-14)10-11-5-4-6-12(17)7-11/h4-9H,10H2,1-3H3. The first-order valence-corrected chi connectivity index (χ1v) is 7.73. The molecule has 0 bridgehead atoms. The summed E-state index contributed by atoms with van der Waals surface area (Å²) in [5.74, 6) is 0.312. The second-order valence-corrected chi connectivity index (χ2v) is 6.72. The van der Waals surface area contributed by atoms with E-state index in [0.29, 0.717) is 10.8 Å². The van der Waals surface area contributed by atoms with Crippen molar-refractivity contribution >= 4 is 35.1 Å². The second kappa shape index (κ2) is 7.15. The van der Waals surface area contributed by atoms with E-state index in [-0.39, 0.29) is 11.7 Å². The molecule has 1 heterocycles. The number of hydrogen-bond acceptors (Lipinski definition) is 4. The van der Waals surface area contributed by atoms with Crippen molar-refractivity contribution in [3.05, 3.63) is 52.4 Å². The summed E-state index contributed by atoms with van der Waals surface area (Å²) in [7, 11) is 0. The maximum absolute atomic E-state index is 12.5. The van der Waals surface area contributed by atoms with Crippen LogP contribution in [0.15, 0.2) is 36.7 Å². The van der Waals surface area contributed by atoms with Gasteiger partial charge >= 0.3 is 6.09 Å². The highest BCUT2D eigenvalue weighted by atomic mass is 35.5. The van der Waals surface area contributed by atoms with Crippen molar-refractivity contribution in [2.24, 2.45) is 0 Å². The number of carbonyl (C=O) groups is 1. The van der Waals surface area contributed by atoms with Crippen LogP contribution in [0.5, 0.6) is 0 Å². The van der Waals surface area contributed by atoms with Crippen LogP contribution in [0.4, 0.5) is 10.6 Å². The summed E-state index contributed by atoms with van der Waals surface area (Å²) in [6, 6.07) is 7.22. The Morgan fingerprint density at radius 1 is 1.26 bits per heavy atom. The minimum atomic E-state index is -0.629. The van der Waals surface area contributed by atoms with Gasteiger partial charge in [-0.05, 0) is 38.5 Å². The van der Waals surface area contributed by atoms with Crippen molar-refractivity contribution in [2.45, 2.75) is 32.9 Å². The molecule has 5 nitrogen and oxygen atoms in total. The monoisotopic (exact) mass is 353 g/mol. The van der Waals surface area contributed by atoms with Crippen molar-refractivity contribution < 1.29 is 9.53 Å². The van der Waals surface area contributed by atoms with Gasteiger partial charge in [0.15, 0.2) is 5.82 Å². The van der Waals surface area contributed by atoms with Gasteiger partial charge in [-0.1, -0.05) is 35.3 Å². The zero-order valence-corrected chi connectivity index (χ0v) is 14.6. The Hall–Kier alpha value is -1.85. The van der Waals surface area contributed by atoms with E-state index in [4.69, 9.17) is 27.9 Å². The van der Waals surface area contributed by atoms with E-state index in [1.54, 1.807) is 32.9 Å². The number of carbonyl (C=O) groups excluding carboxylic acids is 1. The van der Waals surface area contributed by atoms with Gasteiger partial charge in [-0.15, -0.1) is 0 Å². The van der Waals surface area contributed by atoms with Crippen molar-refractivity contribution in [1.82, 2.24) is 9.97 Å². The molecule has 2 aromatic rings. The van der Waals surface area contributed by atoms with E-state index in [0.717, 1.165) is 5.56 Å². The number of amides is 1. The largest absolute Gasteiger partial charge is 0.443 e. The minimum absolute atomic E-state index is 0.196. The third-order valence-electron chi connectivity index (χ3n) is 2.71. The third-order valence-corrected chi connectivity index (χ3v) is 3.13. The number of anilines is 1. The molecule has 0 atom stereocenters. The van der Waals surface area contributed by atoms with Gasteiger partial charge in [0.1, 0.15) is 10.8 Å². The molecular weight excluding hydrogens is 337 g/mol. The molecule has 1 amide bonds. The van der Waals surface area contributed by atoms with Crippen LogP contribution in [0.25, 0.3) is 0 Å². The number of nitrogens with zero attached hydrogens (tertiary/aromatic N) is 3. The fraction of sp³-hybridized carbons (Fsp3) is 0.312. The molecule has 0 radical (unpaired) electrons. The Kier molecular flexibility index (Phi) is 5.44. The maximum Gasteiger partial charge on any atom is 0.416 e. The number of aromatic nitrogens is 2. The van der Waals surface area contributed by atoms with E-state index in [1.807, 2.05) is 12.1 Å². The summed E-state index contributed by atoms with van der Waals surface area (Å²) in [6.45, 7) is 5.63.